The van der Waals surface area contributed by atoms with E-state index in [0.29, 0.717) is 6.42 Å². The summed E-state index contributed by atoms with van der Waals surface area (Å²) in [7, 11) is 2.58. The van der Waals surface area contributed by atoms with Gasteiger partial charge in [0.05, 0.1) is 19.8 Å². The Morgan fingerprint density at radius 1 is 1.20 bits per heavy atom. The fourth-order valence-electron chi connectivity index (χ4n) is 2.06. The number of benzene rings is 1. The van der Waals surface area contributed by atoms with Gasteiger partial charge in [0, 0.05) is 6.07 Å². The Hall–Kier alpha value is -2.64. The van der Waals surface area contributed by atoms with Gasteiger partial charge in [-0.15, -0.1) is 0 Å². The topological polar surface area (TPSA) is 90.9 Å². The third-order valence-corrected chi connectivity index (χ3v) is 3.26. The number of hydrogen-bond donors (Lipinski definition) is 1. The van der Waals surface area contributed by atoms with Crippen molar-refractivity contribution in [2.24, 2.45) is 5.92 Å². The van der Waals surface area contributed by atoms with Crippen molar-refractivity contribution in [3.05, 3.63) is 29.6 Å². The summed E-state index contributed by atoms with van der Waals surface area (Å²) < 4.78 is 28.0. The Balaban J connectivity index is 2.62. The number of nitrogens with one attached hydrogen (secondary N) is 1. The maximum absolute atomic E-state index is 13.8. The van der Waals surface area contributed by atoms with Gasteiger partial charge < -0.3 is 19.5 Å². The third-order valence-electron chi connectivity index (χ3n) is 3.26. The Bertz CT molecular complexity index is 632. The molecule has 0 spiro atoms. The number of amides is 1. The van der Waals surface area contributed by atoms with Crippen LogP contribution >= 0.6 is 0 Å². The highest BCUT2D eigenvalue weighted by atomic mass is 19.1. The molecule has 25 heavy (non-hydrogen) atoms. The molecule has 0 heterocycles. The summed E-state index contributed by atoms with van der Waals surface area (Å²) in [4.78, 5) is 35.4. The zero-order valence-corrected chi connectivity index (χ0v) is 14.6. The predicted octanol–water partition coefficient (Wildman–Crippen LogP) is 1.69. The SMILES string of the molecule is COC(=O)[C@H](CC(C)C)NC(=O)COC(=O)c1ccc(OC)cc1F. The molecule has 0 aliphatic rings. The van der Waals surface area contributed by atoms with Crippen molar-refractivity contribution in [2.45, 2.75) is 26.3 Å². The van der Waals surface area contributed by atoms with Gasteiger partial charge >= 0.3 is 11.9 Å². The molecule has 0 fully saturated rings. The Kier molecular flexibility index (Phi) is 7.84. The molecule has 0 aliphatic carbocycles. The Labute approximate surface area is 145 Å². The van der Waals surface area contributed by atoms with Gasteiger partial charge in [0.1, 0.15) is 17.6 Å². The van der Waals surface area contributed by atoms with Crippen LogP contribution in [0, 0.1) is 11.7 Å². The highest BCUT2D eigenvalue weighted by Gasteiger charge is 2.23. The van der Waals surface area contributed by atoms with Crippen LogP contribution in [0.15, 0.2) is 18.2 Å². The van der Waals surface area contributed by atoms with Crippen molar-refractivity contribution in [2.75, 3.05) is 20.8 Å². The molecule has 0 radical (unpaired) electrons. The van der Waals surface area contributed by atoms with Gasteiger partial charge in [-0.25, -0.2) is 14.0 Å². The number of methoxy groups -OCH3 is 2. The van der Waals surface area contributed by atoms with Crippen molar-refractivity contribution in [3.8, 4) is 5.75 Å². The number of halogens is 1. The molecule has 1 atom stereocenters. The van der Waals surface area contributed by atoms with Crippen LogP contribution in [0.25, 0.3) is 0 Å². The third kappa shape index (κ3) is 6.40. The number of ether oxygens (including phenoxy) is 3. The summed E-state index contributed by atoms with van der Waals surface area (Å²) in [5, 5.41) is 2.43. The van der Waals surface area contributed by atoms with E-state index in [9.17, 15) is 18.8 Å². The zero-order valence-electron chi connectivity index (χ0n) is 14.6. The molecule has 0 bridgehead atoms. The van der Waals surface area contributed by atoms with Crippen molar-refractivity contribution in [3.63, 3.8) is 0 Å². The van der Waals surface area contributed by atoms with Crippen LogP contribution in [-0.2, 0) is 19.1 Å². The molecular weight excluding hydrogens is 333 g/mol. The van der Waals surface area contributed by atoms with Gasteiger partial charge in [0.25, 0.3) is 5.91 Å². The maximum Gasteiger partial charge on any atom is 0.341 e. The molecule has 7 nitrogen and oxygen atoms in total. The van der Waals surface area contributed by atoms with Gasteiger partial charge in [-0.3, -0.25) is 4.79 Å². The first kappa shape index (κ1) is 20.4. The Morgan fingerprint density at radius 2 is 1.88 bits per heavy atom. The quantitative estimate of drug-likeness (QED) is 0.714. The minimum absolute atomic E-state index is 0.139. The van der Waals surface area contributed by atoms with Crippen LogP contribution in [0.2, 0.25) is 0 Å². The van der Waals surface area contributed by atoms with Crippen molar-refractivity contribution < 1.29 is 33.0 Å². The van der Waals surface area contributed by atoms with E-state index >= 15 is 0 Å². The number of rotatable bonds is 8. The van der Waals surface area contributed by atoms with Crippen LogP contribution in [-0.4, -0.2) is 44.7 Å². The molecule has 8 heteroatoms. The minimum Gasteiger partial charge on any atom is -0.497 e. The molecule has 0 aliphatic heterocycles. The first-order valence-electron chi connectivity index (χ1n) is 7.66. The van der Waals surface area contributed by atoms with Crippen LogP contribution in [0.5, 0.6) is 5.75 Å². The number of carbonyl (C=O) groups excluding carboxylic acids is 3. The second kappa shape index (κ2) is 9.61. The highest BCUT2D eigenvalue weighted by Crippen LogP contribution is 2.17. The lowest BCUT2D eigenvalue weighted by atomic mass is 10.0. The molecule has 0 unspecified atom stereocenters. The van der Waals surface area contributed by atoms with E-state index in [1.807, 2.05) is 13.8 Å². The van der Waals surface area contributed by atoms with Crippen molar-refractivity contribution >= 4 is 17.8 Å². The first-order valence-corrected chi connectivity index (χ1v) is 7.66. The summed E-state index contributed by atoms with van der Waals surface area (Å²) >= 11 is 0. The van der Waals surface area contributed by atoms with E-state index in [0.717, 1.165) is 6.07 Å². The normalized spacial score (nSPS) is 11.6. The summed E-state index contributed by atoms with van der Waals surface area (Å²) in [5.41, 5.74) is -0.319. The molecule has 1 rings (SSSR count). The fourth-order valence-corrected chi connectivity index (χ4v) is 2.06. The molecule has 138 valence electrons. The monoisotopic (exact) mass is 355 g/mol. The average molecular weight is 355 g/mol. The summed E-state index contributed by atoms with van der Waals surface area (Å²) in [5.74, 6) is -2.69. The molecule has 1 amide bonds. The molecule has 1 N–H and O–H groups in total. The van der Waals surface area contributed by atoms with Crippen LogP contribution in [0.4, 0.5) is 4.39 Å². The molecule has 0 saturated heterocycles. The lowest BCUT2D eigenvalue weighted by molar-refractivity contribution is -0.145. The number of esters is 2. The highest BCUT2D eigenvalue weighted by molar-refractivity contribution is 5.92. The number of hydrogen-bond acceptors (Lipinski definition) is 6. The van der Waals surface area contributed by atoms with Crippen molar-refractivity contribution in [1.82, 2.24) is 5.32 Å². The predicted molar refractivity (Wildman–Crippen MR) is 86.6 cm³/mol. The molecule has 0 aromatic heterocycles. The zero-order chi connectivity index (χ0) is 19.0. The fraction of sp³-hybridized carbons (Fsp3) is 0.471. The summed E-state index contributed by atoms with van der Waals surface area (Å²) in [6.07, 6.45) is 0.374. The molecule has 0 saturated carbocycles. The van der Waals surface area contributed by atoms with Gasteiger partial charge in [0.15, 0.2) is 6.61 Å². The maximum atomic E-state index is 13.8. The Morgan fingerprint density at radius 3 is 2.40 bits per heavy atom. The van der Waals surface area contributed by atoms with E-state index < -0.39 is 36.3 Å². The average Bonchev–Trinajstić information content (AvgIpc) is 2.57. The van der Waals surface area contributed by atoms with Gasteiger partial charge in [0.2, 0.25) is 0 Å². The summed E-state index contributed by atoms with van der Waals surface area (Å²) in [6.45, 7) is 3.12. The van der Waals surface area contributed by atoms with Crippen molar-refractivity contribution in [1.29, 1.82) is 0 Å². The van der Waals surface area contributed by atoms with E-state index in [4.69, 9.17) is 9.47 Å². The molecular formula is C17H22FNO6. The van der Waals surface area contributed by atoms with E-state index in [1.165, 1.54) is 26.4 Å². The second-order valence-electron chi connectivity index (χ2n) is 5.69. The molecule has 1 aromatic rings. The first-order chi connectivity index (χ1) is 11.8. The standard InChI is InChI=1S/C17H22FNO6/c1-10(2)7-14(17(22)24-4)19-15(20)9-25-16(21)12-6-5-11(23-3)8-13(12)18/h5-6,8,10,14H,7,9H2,1-4H3,(H,19,20)/t14-/m0/s1. The second-order valence-corrected chi connectivity index (χ2v) is 5.69. The van der Waals surface area contributed by atoms with Gasteiger partial charge in [-0.2, -0.15) is 0 Å². The van der Waals surface area contributed by atoms with Crippen LogP contribution < -0.4 is 10.1 Å². The smallest absolute Gasteiger partial charge is 0.341 e. The van der Waals surface area contributed by atoms with E-state index in [-0.39, 0.29) is 17.2 Å². The lowest BCUT2D eigenvalue weighted by Crippen LogP contribution is -2.44. The number of carbonyl (C=O) groups is 3. The van der Waals surface area contributed by atoms with Crippen LogP contribution in [0.1, 0.15) is 30.6 Å². The van der Waals surface area contributed by atoms with E-state index in [2.05, 4.69) is 10.1 Å². The van der Waals surface area contributed by atoms with Crippen LogP contribution in [0.3, 0.4) is 0 Å². The lowest BCUT2D eigenvalue weighted by Gasteiger charge is -2.18. The van der Waals surface area contributed by atoms with Gasteiger partial charge in [-0.1, -0.05) is 13.8 Å². The minimum atomic E-state index is -0.992. The van der Waals surface area contributed by atoms with E-state index in [1.54, 1.807) is 0 Å². The van der Waals surface area contributed by atoms with Gasteiger partial charge in [-0.05, 0) is 24.5 Å². The molecule has 1 aromatic carbocycles. The summed E-state index contributed by atoms with van der Waals surface area (Å²) in [6, 6.07) is 2.79. The largest absolute Gasteiger partial charge is 0.497 e.